The molecule has 0 spiro atoms. The Morgan fingerprint density at radius 3 is 2.32 bits per heavy atom. The molecule has 0 aliphatic heterocycles. The summed E-state index contributed by atoms with van der Waals surface area (Å²) in [6, 6.07) is 24.5. The zero-order valence-electron chi connectivity index (χ0n) is 16.3. The highest BCUT2D eigenvalue weighted by atomic mass is 16.1. The Bertz CT molecular complexity index is 865. The van der Waals surface area contributed by atoms with Crippen molar-refractivity contribution in [1.29, 1.82) is 0 Å². The van der Waals surface area contributed by atoms with Gasteiger partial charge < -0.3 is 10.2 Å². The fourth-order valence-corrected chi connectivity index (χ4v) is 3.16. The molecule has 1 heterocycles. The lowest BCUT2D eigenvalue weighted by atomic mass is 10.1. The number of nitrogens with one attached hydrogen (secondary N) is 1. The maximum absolute atomic E-state index is 12.5. The molecular weight excluding hydrogens is 346 g/mol. The molecular formula is C24H27N3O. The first-order chi connectivity index (χ1) is 13.8. The second kappa shape index (κ2) is 10.3. The van der Waals surface area contributed by atoms with Crippen molar-refractivity contribution in [2.75, 3.05) is 18.0 Å². The average Bonchev–Trinajstić information content (AvgIpc) is 2.76. The molecule has 3 aromatic rings. The van der Waals surface area contributed by atoms with Crippen LogP contribution in [-0.4, -0.2) is 24.0 Å². The van der Waals surface area contributed by atoms with Crippen LogP contribution in [0.1, 0.15) is 35.0 Å². The van der Waals surface area contributed by atoms with Crippen molar-refractivity contribution in [2.24, 2.45) is 0 Å². The van der Waals surface area contributed by atoms with E-state index < -0.39 is 0 Å². The van der Waals surface area contributed by atoms with Gasteiger partial charge in [-0.3, -0.25) is 9.78 Å². The van der Waals surface area contributed by atoms with Gasteiger partial charge in [-0.2, -0.15) is 0 Å². The number of carbonyl (C=O) groups is 1. The van der Waals surface area contributed by atoms with Crippen LogP contribution in [0.4, 0.5) is 5.69 Å². The monoisotopic (exact) mass is 373 g/mol. The summed E-state index contributed by atoms with van der Waals surface area (Å²) in [7, 11) is 0. The number of rotatable bonds is 9. The molecule has 0 atom stereocenters. The van der Waals surface area contributed by atoms with Gasteiger partial charge in [0, 0.05) is 31.5 Å². The summed E-state index contributed by atoms with van der Waals surface area (Å²) < 4.78 is 0. The minimum Gasteiger partial charge on any atom is -0.367 e. The van der Waals surface area contributed by atoms with E-state index in [1.165, 1.54) is 11.1 Å². The van der Waals surface area contributed by atoms with Crippen LogP contribution < -0.4 is 10.2 Å². The second-order valence-corrected chi connectivity index (χ2v) is 6.74. The molecule has 144 valence electrons. The Balaban J connectivity index is 1.56. The number of hydrogen-bond acceptors (Lipinski definition) is 3. The molecule has 1 N–H and O–H groups in total. The van der Waals surface area contributed by atoms with E-state index in [1.807, 2.05) is 48.5 Å². The molecule has 28 heavy (non-hydrogen) atoms. The van der Waals surface area contributed by atoms with Gasteiger partial charge in [0.15, 0.2) is 0 Å². The molecule has 1 aromatic heterocycles. The molecule has 0 bridgehead atoms. The van der Waals surface area contributed by atoms with Gasteiger partial charge in [-0.1, -0.05) is 60.7 Å². The first kappa shape index (κ1) is 19.6. The van der Waals surface area contributed by atoms with E-state index >= 15 is 0 Å². The highest BCUT2D eigenvalue weighted by molar-refractivity contribution is 5.93. The number of aryl methyl sites for hydroxylation is 1. The van der Waals surface area contributed by atoms with Crippen LogP contribution in [0.15, 0.2) is 79.0 Å². The van der Waals surface area contributed by atoms with E-state index in [9.17, 15) is 4.79 Å². The van der Waals surface area contributed by atoms with Crippen LogP contribution in [0.2, 0.25) is 0 Å². The second-order valence-electron chi connectivity index (χ2n) is 6.74. The zero-order valence-corrected chi connectivity index (χ0v) is 16.3. The minimum atomic E-state index is -0.120. The third-order valence-corrected chi connectivity index (χ3v) is 4.71. The topological polar surface area (TPSA) is 45.2 Å². The molecule has 0 aliphatic carbocycles. The lowest BCUT2D eigenvalue weighted by Gasteiger charge is -2.23. The third kappa shape index (κ3) is 5.68. The first-order valence-corrected chi connectivity index (χ1v) is 9.83. The number of nitrogens with zero attached hydrogens (tertiary/aromatic N) is 2. The predicted octanol–water partition coefficient (Wildman–Crippen LogP) is 4.47. The Morgan fingerprint density at radius 2 is 1.64 bits per heavy atom. The maximum Gasteiger partial charge on any atom is 0.269 e. The maximum atomic E-state index is 12.5. The van der Waals surface area contributed by atoms with Crippen molar-refractivity contribution in [2.45, 2.75) is 26.3 Å². The molecule has 0 saturated heterocycles. The SMILES string of the molecule is CCN(Cc1ccccc1)c1ccnc(C(=O)NCCCc2ccccc2)c1. The number of carbonyl (C=O) groups excluding carboxylic acids is 1. The standard InChI is InChI=1S/C24H27N3O/c1-2-27(19-21-12-7-4-8-13-21)22-15-17-25-23(18-22)24(28)26-16-9-14-20-10-5-3-6-11-20/h3-8,10-13,15,17-18H,2,9,14,16,19H2,1H3,(H,26,28). The normalized spacial score (nSPS) is 10.5. The number of amides is 1. The summed E-state index contributed by atoms with van der Waals surface area (Å²) in [6.45, 7) is 4.42. The van der Waals surface area contributed by atoms with Crippen LogP contribution in [0.5, 0.6) is 0 Å². The third-order valence-electron chi connectivity index (χ3n) is 4.71. The van der Waals surface area contributed by atoms with Gasteiger partial charge in [0.05, 0.1) is 0 Å². The van der Waals surface area contributed by atoms with E-state index in [-0.39, 0.29) is 5.91 Å². The minimum absolute atomic E-state index is 0.120. The summed E-state index contributed by atoms with van der Waals surface area (Å²) in [5.74, 6) is -0.120. The van der Waals surface area contributed by atoms with Crippen molar-refractivity contribution in [3.05, 3.63) is 95.8 Å². The van der Waals surface area contributed by atoms with Gasteiger partial charge >= 0.3 is 0 Å². The van der Waals surface area contributed by atoms with Gasteiger partial charge in [-0.25, -0.2) is 0 Å². The van der Waals surface area contributed by atoms with Gasteiger partial charge in [0.1, 0.15) is 5.69 Å². The Hall–Kier alpha value is -3.14. The molecule has 0 fully saturated rings. The van der Waals surface area contributed by atoms with E-state index in [2.05, 4.69) is 46.4 Å². The Morgan fingerprint density at radius 1 is 0.964 bits per heavy atom. The Labute approximate surface area is 167 Å². The molecule has 0 radical (unpaired) electrons. The summed E-state index contributed by atoms with van der Waals surface area (Å²) >= 11 is 0. The molecule has 2 aromatic carbocycles. The molecule has 4 heteroatoms. The number of pyridine rings is 1. The van der Waals surface area contributed by atoms with Crippen molar-refractivity contribution in [1.82, 2.24) is 10.3 Å². The van der Waals surface area contributed by atoms with E-state index in [4.69, 9.17) is 0 Å². The van der Waals surface area contributed by atoms with Crippen LogP contribution in [0, 0.1) is 0 Å². The lowest BCUT2D eigenvalue weighted by Crippen LogP contribution is -2.27. The largest absolute Gasteiger partial charge is 0.367 e. The van der Waals surface area contributed by atoms with Crippen molar-refractivity contribution < 1.29 is 4.79 Å². The fourth-order valence-electron chi connectivity index (χ4n) is 3.16. The molecule has 3 rings (SSSR count). The smallest absolute Gasteiger partial charge is 0.269 e. The number of aromatic nitrogens is 1. The van der Waals surface area contributed by atoms with E-state index in [0.717, 1.165) is 31.6 Å². The van der Waals surface area contributed by atoms with Crippen LogP contribution in [0.3, 0.4) is 0 Å². The molecule has 0 unspecified atom stereocenters. The van der Waals surface area contributed by atoms with E-state index in [1.54, 1.807) is 6.20 Å². The fraction of sp³-hybridized carbons (Fsp3) is 0.250. The van der Waals surface area contributed by atoms with Crippen LogP contribution >= 0.6 is 0 Å². The molecule has 4 nitrogen and oxygen atoms in total. The van der Waals surface area contributed by atoms with Gasteiger partial charge in [0.2, 0.25) is 0 Å². The number of anilines is 1. The highest BCUT2D eigenvalue weighted by Crippen LogP contribution is 2.17. The van der Waals surface area contributed by atoms with Gasteiger partial charge in [-0.05, 0) is 43.0 Å². The quantitative estimate of drug-likeness (QED) is 0.563. The molecule has 1 amide bonds. The number of benzene rings is 2. The van der Waals surface area contributed by atoms with E-state index in [0.29, 0.717) is 12.2 Å². The summed E-state index contributed by atoms with van der Waals surface area (Å²) in [5, 5.41) is 2.98. The van der Waals surface area contributed by atoms with Crippen molar-refractivity contribution in [3.63, 3.8) is 0 Å². The molecule has 0 aliphatic rings. The summed E-state index contributed by atoms with van der Waals surface area (Å²) in [6.07, 6.45) is 3.57. The average molecular weight is 374 g/mol. The van der Waals surface area contributed by atoms with Crippen LogP contribution in [-0.2, 0) is 13.0 Å². The highest BCUT2D eigenvalue weighted by Gasteiger charge is 2.11. The van der Waals surface area contributed by atoms with Crippen molar-refractivity contribution in [3.8, 4) is 0 Å². The summed E-state index contributed by atoms with van der Waals surface area (Å²) in [4.78, 5) is 19.0. The van der Waals surface area contributed by atoms with Crippen LogP contribution in [0.25, 0.3) is 0 Å². The summed E-state index contributed by atoms with van der Waals surface area (Å²) in [5.41, 5.74) is 4.00. The zero-order chi connectivity index (χ0) is 19.6. The number of hydrogen-bond donors (Lipinski definition) is 1. The Kier molecular flexibility index (Phi) is 7.19. The molecule has 0 saturated carbocycles. The van der Waals surface area contributed by atoms with Gasteiger partial charge in [-0.15, -0.1) is 0 Å². The first-order valence-electron chi connectivity index (χ1n) is 9.83. The lowest BCUT2D eigenvalue weighted by molar-refractivity contribution is 0.0948. The van der Waals surface area contributed by atoms with Crippen molar-refractivity contribution >= 4 is 11.6 Å². The van der Waals surface area contributed by atoms with Gasteiger partial charge in [0.25, 0.3) is 5.91 Å². The predicted molar refractivity (Wildman–Crippen MR) is 114 cm³/mol.